The summed E-state index contributed by atoms with van der Waals surface area (Å²) in [4.78, 5) is 16.9. The Balaban J connectivity index is 1.54. The van der Waals surface area contributed by atoms with Gasteiger partial charge in [0.15, 0.2) is 0 Å². The van der Waals surface area contributed by atoms with Gasteiger partial charge in [0.2, 0.25) is 5.91 Å². The predicted octanol–water partition coefficient (Wildman–Crippen LogP) is 3.68. The van der Waals surface area contributed by atoms with Crippen molar-refractivity contribution in [3.8, 4) is 0 Å². The number of carbonyl (C=O) groups excluding carboxylic acids is 1. The van der Waals surface area contributed by atoms with E-state index in [4.69, 9.17) is 0 Å². The zero-order valence-corrected chi connectivity index (χ0v) is 16.3. The van der Waals surface area contributed by atoms with Gasteiger partial charge in [0.1, 0.15) is 0 Å². The number of aryl methyl sites for hydroxylation is 3. The van der Waals surface area contributed by atoms with Crippen molar-refractivity contribution < 1.29 is 4.79 Å². The molecular weight excluding hydrogens is 322 g/mol. The van der Waals surface area contributed by atoms with E-state index < -0.39 is 0 Å². The summed E-state index contributed by atoms with van der Waals surface area (Å²) in [6.07, 6.45) is 0. The molecule has 0 bridgehead atoms. The molecule has 1 amide bonds. The lowest BCUT2D eigenvalue weighted by Gasteiger charge is -2.37. The Bertz CT molecular complexity index is 772. The third-order valence-corrected chi connectivity index (χ3v) is 5.21. The number of anilines is 2. The van der Waals surface area contributed by atoms with Crippen LogP contribution in [0.5, 0.6) is 0 Å². The summed E-state index contributed by atoms with van der Waals surface area (Å²) >= 11 is 0. The number of piperazine rings is 1. The SMILES string of the molecule is Cc1cc(C)cc(NCC(=O)N2CCN(c3cccc(C)c3C)CC2)c1. The minimum atomic E-state index is 0.171. The molecule has 1 saturated heterocycles. The Morgan fingerprint density at radius 1 is 0.962 bits per heavy atom. The number of hydrogen-bond donors (Lipinski definition) is 1. The van der Waals surface area contributed by atoms with Crippen molar-refractivity contribution in [1.29, 1.82) is 0 Å². The van der Waals surface area contributed by atoms with Crippen molar-refractivity contribution in [1.82, 2.24) is 4.90 Å². The second-order valence-corrected chi connectivity index (χ2v) is 7.32. The van der Waals surface area contributed by atoms with Crippen LogP contribution in [0.4, 0.5) is 11.4 Å². The van der Waals surface area contributed by atoms with Crippen LogP contribution in [0.2, 0.25) is 0 Å². The maximum atomic E-state index is 12.6. The van der Waals surface area contributed by atoms with Gasteiger partial charge in [-0.2, -0.15) is 0 Å². The lowest BCUT2D eigenvalue weighted by atomic mass is 10.1. The highest BCUT2D eigenvalue weighted by Gasteiger charge is 2.22. The molecule has 4 nitrogen and oxygen atoms in total. The van der Waals surface area contributed by atoms with E-state index in [-0.39, 0.29) is 5.91 Å². The summed E-state index contributed by atoms with van der Waals surface area (Å²) in [5, 5.41) is 3.28. The summed E-state index contributed by atoms with van der Waals surface area (Å²) in [7, 11) is 0. The molecule has 2 aromatic rings. The van der Waals surface area contributed by atoms with E-state index in [1.165, 1.54) is 27.9 Å². The maximum absolute atomic E-state index is 12.6. The van der Waals surface area contributed by atoms with Crippen molar-refractivity contribution in [3.05, 3.63) is 58.7 Å². The molecule has 1 N–H and O–H groups in total. The average molecular weight is 351 g/mol. The predicted molar refractivity (Wildman–Crippen MR) is 109 cm³/mol. The lowest BCUT2D eigenvalue weighted by Crippen LogP contribution is -2.50. The molecule has 0 aliphatic carbocycles. The van der Waals surface area contributed by atoms with Crippen molar-refractivity contribution >= 4 is 17.3 Å². The van der Waals surface area contributed by atoms with Gasteiger partial charge < -0.3 is 15.1 Å². The van der Waals surface area contributed by atoms with Crippen LogP contribution in [-0.4, -0.2) is 43.5 Å². The van der Waals surface area contributed by atoms with Gasteiger partial charge in [0.25, 0.3) is 0 Å². The van der Waals surface area contributed by atoms with E-state index in [0.29, 0.717) is 6.54 Å². The van der Waals surface area contributed by atoms with E-state index >= 15 is 0 Å². The topological polar surface area (TPSA) is 35.6 Å². The van der Waals surface area contributed by atoms with Gasteiger partial charge in [-0.25, -0.2) is 0 Å². The monoisotopic (exact) mass is 351 g/mol. The fourth-order valence-corrected chi connectivity index (χ4v) is 3.64. The largest absolute Gasteiger partial charge is 0.376 e. The quantitative estimate of drug-likeness (QED) is 0.913. The van der Waals surface area contributed by atoms with Gasteiger partial charge in [-0.3, -0.25) is 4.79 Å². The first-order chi connectivity index (χ1) is 12.4. The van der Waals surface area contributed by atoms with Gasteiger partial charge >= 0.3 is 0 Å². The first kappa shape index (κ1) is 18.3. The first-order valence-electron chi connectivity index (χ1n) is 9.35. The van der Waals surface area contributed by atoms with E-state index in [1.807, 2.05) is 4.90 Å². The van der Waals surface area contributed by atoms with Gasteiger partial charge in [-0.15, -0.1) is 0 Å². The second kappa shape index (κ2) is 7.81. The smallest absolute Gasteiger partial charge is 0.241 e. The van der Waals surface area contributed by atoms with Crippen molar-refractivity contribution in [2.75, 3.05) is 42.9 Å². The number of benzene rings is 2. The van der Waals surface area contributed by atoms with Crippen LogP contribution in [0.15, 0.2) is 36.4 Å². The van der Waals surface area contributed by atoms with Crippen LogP contribution in [0.1, 0.15) is 22.3 Å². The molecule has 1 fully saturated rings. The highest BCUT2D eigenvalue weighted by atomic mass is 16.2. The molecule has 0 unspecified atom stereocenters. The molecule has 4 heteroatoms. The molecule has 3 rings (SSSR count). The molecule has 0 spiro atoms. The van der Waals surface area contributed by atoms with Crippen molar-refractivity contribution in [2.45, 2.75) is 27.7 Å². The van der Waals surface area contributed by atoms with E-state index in [2.05, 4.69) is 74.3 Å². The lowest BCUT2D eigenvalue weighted by molar-refractivity contribution is -0.129. The van der Waals surface area contributed by atoms with Crippen LogP contribution in [0, 0.1) is 27.7 Å². The molecule has 1 aliphatic rings. The molecule has 26 heavy (non-hydrogen) atoms. The Hall–Kier alpha value is -2.49. The van der Waals surface area contributed by atoms with Crippen molar-refractivity contribution in [2.24, 2.45) is 0 Å². The molecule has 2 aromatic carbocycles. The summed E-state index contributed by atoms with van der Waals surface area (Å²) in [5.41, 5.74) is 7.39. The minimum absolute atomic E-state index is 0.171. The Morgan fingerprint density at radius 2 is 1.62 bits per heavy atom. The van der Waals surface area contributed by atoms with Crippen LogP contribution in [0.3, 0.4) is 0 Å². The number of nitrogens with zero attached hydrogens (tertiary/aromatic N) is 2. The number of carbonyl (C=O) groups is 1. The van der Waals surface area contributed by atoms with E-state index in [9.17, 15) is 4.79 Å². The third-order valence-electron chi connectivity index (χ3n) is 5.21. The highest BCUT2D eigenvalue weighted by molar-refractivity contribution is 5.81. The third kappa shape index (κ3) is 4.18. The van der Waals surface area contributed by atoms with Crippen LogP contribution >= 0.6 is 0 Å². The maximum Gasteiger partial charge on any atom is 0.241 e. The molecule has 138 valence electrons. The molecule has 0 aromatic heterocycles. The van der Waals surface area contributed by atoms with Gasteiger partial charge in [0.05, 0.1) is 6.54 Å². The number of amides is 1. The molecule has 0 radical (unpaired) electrons. The zero-order chi connectivity index (χ0) is 18.7. The van der Waals surface area contributed by atoms with Gasteiger partial charge in [0, 0.05) is 37.6 Å². The zero-order valence-electron chi connectivity index (χ0n) is 16.3. The van der Waals surface area contributed by atoms with E-state index in [0.717, 1.165) is 31.9 Å². The van der Waals surface area contributed by atoms with E-state index in [1.54, 1.807) is 0 Å². The Morgan fingerprint density at radius 3 is 2.27 bits per heavy atom. The normalized spacial score (nSPS) is 14.5. The molecule has 0 atom stereocenters. The summed E-state index contributed by atoms with van der Waals surface area (Å²) in [6, 6.07) is 12.7. The summed E-state index contributed by atoms with van der Waals surface area (Å²) in [5.74, 6) is 0.171. The Labute approximate surface area is 156 Å². The molecular formula is C22H29N3O. The summed E-state index contributed by atoms with van der Waals surface area (Å²) < 4.78 is 0. The Kier molecular flexibility index (Phi) is 5.50. The molecule has 1 aliphatic heterocycles. The van der Waals surface area contributed by atoms with Crippen LogP contribution < -0.4 is 10.2 Å². The first-order valence-corrected chi connectivity index (χ1v) is 9.35. The van der Waals surface area contributed by atoms with Gasteiger partial charge in [-0.05, 0) is 68.1 Å². The fraction of sp³-hybridized carbons (Fsp3) is 0.409. The van der Waals surface area contributed by atoms with Gasteiger partial charge in [-0.1, -0.05) is 18.2 Å². The average Bonchev–Trinajstić information content (AvgIpc) is 2.61. The fourth-order valence-electron chi connectivity index (χ4n) is 3.64. The number of rotatable bonds is 4. The summed E-state index contributed by atoms with van der Waals surface area (Å²) in [6.45, 7) is 12.2. The van der Waals surface area contributed by atoms with Crippen LogP contribution in [0.25, 0.3) is 0 Å². The second-order valence-electron chi connectivity index (χ2n) is 7.32. The van der Waals surface area contributed by atoms with Crippen LogP contribution in [-0.2, 0) is 4.79 Å². The van der Waals surface area contributed by atoms with Crippen molar-refractivity contribution in [3.63, 3.8) is 0 Å². The minimum Gasteiger partial charge on any atom is -0.376 e. The number of nitrogens with one attached hydrogen (secondary N) is 1. The standard InChI is InChI=1S/C22H29N3O/c1-16-12-17(2)14-20(13-16)23-15-22(26)25-10-8-24(9-11-25)21-7-5-6-18(3)19(21)4/h5-7,12-14,23H,8-11,15H2,1-4H3. The highest BCUT2D eigenvalue weighted by Crippen LogP contribution is 2.24. The molecule has 0 saturated carbocycles. The number of hydrogen-bond acceptors (Lipinski definition) is 3. The molecule has 1 heterocycles.